The maximum atomic E-state index is 12.9. The van der Waals surface area contributed by atoms with Crippen LogP contribution in [0.1, 0.15) is 29.3 Å². The first-order chi connectivity index (χ1) is 12.3. The lowest BCUT2D eigenvalue weighted by atomic mass is 9.87. The molecule has 0 amide bonds. The summed E-state index contributed by atoms with van der Waals surface area (Å²) in [7, 11) is -1.86. The molecule has 3 rings (SSSR count). The number of benzene rings is 3. The van der Waals surface area contributed by atoms with Crippen molar-refractivity contribution in [1.82, 2.24) is 0 Å². The molecule has 1 unspecified atom stereocenters. The van der Waals surface area contributed by atoms with E-state index in [-0.39, 0.29) is 5.78 Å². The van der Waals surface area contributed by atoms with Crippen LogP contribution in [0.5, 0.6) is 0 Å². The summed E-state index contributed by atoms with van der Waals surface area (Å²) in [6.07, 6.45) is 0.333. The summed E-state index contributed by atoms with van der Waals surface area (Å²) in [4.78, 5) is 12.9. The Morgan fingerprint density at radius 1 is 0.885 bits per heavy atom. The van der Waals surface area contributed by atoms with Gasteiger partial charge < -0.3 is 4.43 Å². The van der Waals surface area contributed by atoms with Gasteiger partial charge in [-0.3, -0.25) is 4.79 Å². The molecule has 0 aliphatic rings. The second-order valence-corrected chi connectivity index (χ2v) is 12.4. The molecule has 0 fully saturated rings. The highest BCUT2D eigenvalue weighted by molar-refractivity contribution is 6.69. The van der Waals surface area contributed by atoms with E-state index >= 15 is 0 Å². The van der Waals surface area contributed by atoms with Gasteiger partial charge in [0.05, 0.1) is 5.60 Å². The lowest BCUT2D eigenvalue weighted by Crippen LogP contribution is -2.40. The Hall–Kier alpha value is -2.23. The quantitative estimate of drug-likeness (QED) is 0.386. The van der Waals surface area contributed by atoms with Crippen LogP contribution in [0.15, 0.2) is 72.8 Å². The van der Waals surface area contributed by atoms with E-state index in [1.807, 2.05) is 42.5 Å². The minimum atomic E-state index is -1.86. The topological polar surface area (TPSA) is 26.3 Å². The number of rotatable bonds is 6. The molecule has 26 heavy (non-hydrogen) atoms. The highest BCUT2D eigenvalue weighted by Crippen LogP contribution is 2.35. The van der Waals surface area contributed by atoms with Crippen molar-refractivity contribution in [2.45, 2.75) is 38.6 Å². The van der Waals surface area contributed by atoms with Gasteiger partial charge in [-0.05, 0) is 49.0 Å². The zero-order chi connectivity index (χ0) is 18.8. The SMILES string of the molecule is CC(CC(=O)c1ccccc1)(O[Si](C)(C)C)c1ccc2ccccc2c1. The molecule has 0 saturated heterocycles. The molecular weight excluding hydrogens is 336 g/mol. The van der Waals surface area contributed by atoms with E-state index in [0.717, 1.165) is 11.1 Å². The average Bonchev–Trinajstić information content (AvgIpc) is 2.60. The number of ketones is 1. The number of hydrogen-bond acceptors (Lipinski definition) is 2. The van der Waals surface area contributed by atoms with Crippen LogP contribution in [0.2, 0.25) is 19.6 Å². The standard InChI is InChI=1S/C23H26O2Si/c1-23(25-26(2,3)4,17-22(24)19-11-6-5-7-12-19)21-15-14-18-10-8-9-13-20(18)16-21/h5-16H,17H2,1-4H3. The summed E-state index contributed by atoms with van der Waals surface area (Å²) in [6, 6.07) is 24.1. The fourth-order valence-electron chi connectivity index (χ4n) is 3.42. The van der Waals surface area contributed by atoms with Gasteiger partial charge in [0, 0.05) is 12.0 Å². The molecule has 134 valence electrons. The van der Waals surface area contributed by atoms with Gasteiger partial charge in [0.1, 0.15) is 0 Å². The van der Waals surface area contributed by atoms with Crippen molar-refractivity contribution >= 4 is 24.9 Å². The average molecular weight is 363 g/mol. The van der Waals surface area contributed by atoms with Crippen LogP contribution in [0.4, 0.5) is 0 Å². The normalized spacial score (nSPS) is 14.2. The maximum Gasteiger partial charge on any atom is 0.184 e. The van der Waals surface area contributed by atoms with Crippen molar-refractivity contribution in [3.63, 3.8) is 0 Å². The van der Waals surface area contributed by atoms with Crippen molar-refractivity contribution in [2.75, 3.05) is 0 Å². The fourth-order valence-corrected chi connectivity index (χ4v) is 4.97. The molecule has 2 nitrogen and oxygen atoms in total. The Kier molecular flexibility index (Phi) is 5.12. The fraction of sp³-hybridized carbons (Fsp3) is 0.261. The third kappa shape index (κ3) is 4.29. The van der Waals surface area contributed by atoms with E-state index in [1.54, 1.807) is 0 Å². The minimum absolute atomic E-state index is 0.111. The lowest BCUT2D eigenvalue weighted by molar-refractivity contribution is 0.0569. The Morgan fingerprint density at radius 3 is 2.15 bits per heavy atom. The Balaban J connectivity index is 2.01. The molecule has 1 atom stereocenters. The van der Waals surface area contributed by atoms with Gasteiger partial charge in [-0.25, -0.2) is 0 Å². The maximum absolute atomic E-state index is 12.9. The van der Waals surface area contributed by atoms with Crippen LogP contribution in [-0.4, -0.2) is 14.1 Å². The van der Waals surface area contributed by atoms with Gasteiger partial charge in [0.25, 0.3) is 0 Å². The zero-order valence-corrected chi connectivity index (χ0v) is 17.0. The predicted molar refractivity (Wildman–Crippen MR) is 111 cm³/mol. The van der Waals surface area contributed by atoms with Crippen LogP contribution < -0.4 is 0 Å². The first-order valence-electron chi connectivity index (χ1n) is 9.05. The van der Waals surface area contributed by atoms with E-state index in [1.165, 1.54) is 10.8 Å². The molecule has 0 aromatic heterocycles. The van der Waals surface area contributed by atoms with Crippen molar-refractivity contribution < 1.29 is 9.22 Å². The van der Waals surface area contributed by atoms with Gasteiger partial charge in [0.2, 0.25) is 0 Å². The molecule has 3 heteroatoms. The van der Waals surface area contributed by atoms with Crippen molar-refractivity contribution in [3.8, 4) is 0 Å². The molecule has 3 aromatic rings. The van der Waals surface area contributed by atoms with E-state index in [4.69, 9.17) is 4.43 Å². The third-order valence-electron chi connectivity index (χ3n) is 4.49. The van der Waals surface area contributed by atoms with Crippen molar-refractivity contribution in [1.29, 1.82) is 0 Å². The number of hydrogen-bond donors (Lipinski definition) is 0. The largest absolute Gasteiger partial charge is 0.408 e. The van der Waals surface area contributed by atoms with Crippen LogP contribution in [-0.2, 0) is 10.0 Å². The summed E-state index contributed by atoms with van der Waals surface area (Å²) >= 11 is 0. The molecule has 0 radical (unpaired) electrons. The summed E-state index contributed by atoms with van der Waals surface area (Å²) < 4.78 is 6.57. The molecule has 0 bridgehead atoms. The zero-order valence-electron chi connectivity index (χ0n) is 16.0. The Bertz CT molecular complexity index is 912. The second-order valence-electron chi connectivity index (χ2n) is 7.97. The lowest BCUT2D eigenvalue weighted by Gasteiger charge is -2.36. The summed E-state index contributed by atoms with van der Waals surface area (Å²) in [5.41, 5.74) is 1.16. The highest BCUT2D eigenvalue weighted by atomic mass is 28.4. The number of carbonyl (C=O) groups excluding carboxylic acids is 1. The highest BCUT2D eigenvalue weighted by Gasteiger charge is 2.35. The Morgan fingerprint density at radius 2 is 1.50 bits per heavy atom. The smallest absolute Gasteiger partial charge is 0.184 e. The molecule has 0 saturated carbocycles. The number of carbonyl (C=O) groups is 1. The van der Waals surface area contributed by atoms with Crippen LogP contribution in [0.25, 0.3) is 10.8 Å². The molecule has 3 aromatic carbocycles. The molecule has 0 aliphatic carbocycles. The molecule has 0 aliphatic heterocycles. The summed E-state index contributed by atoms with van der Waals surface area (Å²) in [5, 5.41) is 2.36. The Labute approximate surface area is 157 Å². The number of fused-ring (bicyclic) bond motifs is 1. The molecule has 0 N–H and O–H groups in total. The van der Waals surface area contributed by atoms with E-state index in [0.29, 0.717) is 6.42 Å². The van der Waals surface area contributed by atoms with Crippen LogP contribution in [0.3, 0.4) is 0 Å². The van der Waals surface area contributed by atoms with E-state index in [9.17, 15) is 4.79 Å². The monoisotopic (exact) mass is 362 g/mol. The molecular formula is C23H26O2Si. The van der Waals surface area contributed by atoms with Crippen molar-refractivity contribution in [3.05, 3.63) is 83.9 Å². The first kappa shape index (κ1) is 18.6. The third-order valence-corrected chi connectivity index (χ3v) is 5.55. The molecule has 0 spiro atoms. The van der Waals surface area contributed by atoms with Gasteiger partial charge >= 0.3 is 0 Å². The minimum Gasteiger partial charge on any atom is -0.408 e. The number of Topliss-reactive ketones (excluding diaryl/α,β-unsaturated/α-hetero) is 1. The van der Waals surface area contributed by atoms with Gasteiger partial charge in [-0.1, -0.05) is 66.7 Å². The molecule has 0 heterocycles. The van der Waals surface area contributed by atoms with Gasteiger partial charge in [0.15, 0.2) is 14.1 Å². The van der Waals surface area contributed by atoms with E-state index < -0.39 is 13.9 Å². The predicted octanol–water partition coefficient (Wildman–Crippen LogP) is 6.18. The van der Waals surface area contributed by atoms with Gasteiger partial charge in [-0.2, -0.15) is 0 Å². The summed E-state index contributed by atoms with van der Waals surface area (Å²) in [5.74, 6) is 0.111. The van der Waals surface area contributed by atoms with E-state index in [2.05, 4.69) is 56.9 Å². The van der Waals surface area contributed by atoms with Crippen LogP contribution >= 0.6 is 0 Å². The first-order valence-corrected chi connectivity index (χ1v) is 12.5. The van der Waals surface area contributed by atoms with Crippen molar-refractivity contribution in [2.24, 2.45) is 0 Å². The second kappa shape index (κ2) is 7.18. The van der Waals surface area contributed by atoms with Gasteiger partial charge in [-0.15, -0.1) is 0 Å². The van der Waals surface area contributed by atoms with Crippen LogP contribution in [0, 0.1) is 0 Å². The summed E-state index contributed by atoms with van der Waals surface area (Å²) in [6.45, 7) is 8.55.